The predicted octanol–water partition coefficient (Wildman–Crippen LogP) is 1.72. The molecule has 1 heterocycles. The first kappa shape index (κ1) is 25.7. The zero-order valence-corrected chi connectivity index (χ0v) is 19.2. The number of carbonyl (C=O) groups excluding carboxylic acids is 1. The second-order valence-corrected chi connectivity index (χ2v) is 10.0. The van der Waals surface area contributed by atoms with E-state index in [0.717, 1.165) is 17.6 Å². The highest BCUT2D eigenvalue weighted by Crippen LogP contribution is 2.19. The maximum absolute atomic E-state index is 13.8. The Morgan fingerprint density at radius 2 is 2.06 bits per heavy atom. The molecule has 0 aliphatic heterocycles. The summed E-state index contributed by atoms with van der Waals surface area (Å²) in [7, 11) is -3.56. The molecule has 1 amide bonds. The zero-order valence-electron chi connectivity index (χ0n) is 17.6. The fraction of sp³-hybridized carbons (Fsp3) is 0.450. The molecule has 2 rings (SSSR count). The van der Waals surface area contributed by atoms with Gasteiger partial charge >= 0.3 is 0 Å². The number of aliphatic hydroxyl groups is 2. The molecule has 4 N–H and O–H groups in total. The average Bonchev–Trinajstić information content (AvgIpc) is 3.13. The lowest BCUT2D eigenvalue weighted by Gasteiger charge is -2.28. The molecule has 1 aromatic carbocycles. The van der Waals surface area contributed by atoms with Crippen LogP contribution in [0, 0.1) is 24.1 Å². The summed E-state index contributed by atoms with van der Waals surface area (Å²) in [6, 6.07) is 5.28. The summed E-state index contributed by atoms with van der Waals surface area (Å²) < 4.78 is 38.7. The average molecular weight is 485 g/mol. The Bertz CT molecular complexity index is 1060. The van der Waals surface area contributed by atoms with E-state index in [0.29, 0.717) is 17.5 Å². The zero-order chi connectivity index (χ0) is 23.9. The molecule has 0 bridgehead atoms. The molecule has 0 saturated carbocycles. The molecule has 0 aliphatic carbocycles. The highest BCUT2D eigenvalue weighted by Gasteiger charge is 2.29. The highest BCUT2D eigenvalue weighted by atomic mass is 32.2. The molecule has 3 atom stereocenters. The minimum Gasteiger partial charge on any atom is -0.390 e. The minimum absolute atomic E-state index is 0.00652. The van der Waals surface area contributed by atoms with Crippen molar-refractivity contribution in [2.75, 3.05) is 11.0 Å². The fourth-order valence-corrected chi connectivity index (χ4v) is 4.64. The number of aryl methyl sites for hydroxylation is 1. The van der Waals surface area contributed by atoms with Crippen molar-refractivity contribution in [3.8, 4) is 6.07 Å². The number of hydrogen-bond donors (Lipinski definition) is 4. The summed E-state index contributed by atoms with van der Waals surface area (Å²) >= 11 is 0.914. The van der Waals surface area contributed by atoms with Gasteiger partial charge in [0.2, 0.25) is 10.0 Å². The number of thiazole rings is 1. The number of hydrogen-bond acceptors (Lipinski definition) is 8. The van der Waals surface area contributed by atoms with Crippen LogP contribution in [0.5, 0.6) is 0 Å². The first-order valence-corrected chi connectivity index (χ1v) is 12.5. The SMILES string of the molecule is Cc1cc(F)cc(CC(NC(=O)c2csc(NS(C)(=O)=O)n2)C(O)C(O)CCCC#N)c1. The number of nitrogens with one attached hydrogen (secondary N) is 2. The van der Waals surface area contributed by atoms with Crippen molar-refractivity contribution in [2.45, 2.75) is 50.9 Å². The molecule has 9 nitrogen and oxygen atoms in total. The van der Waals surface area contributed by atoms with Gasteiger partial charge in [-0.05, 0) is 49.4 Å². The lowest BCUT2D eigenvalue weighted by Crippen LogP contribution is -2.50. The molecule has 12 heteroatoms. The summed E-state index contributed by atoms with van der Waals surface area (Å²) in [5.74, 6) is -1.16. The van der Waals surface area contributed by atoms with E-state index in [1.165, 1.54) is 17.5 Å². The molecule has 3 unspecified atom stereocenters. The number of anilines is 1. The van der Waals surface area contributed by atoms with Gasteiger partial charge in [-0.1, -0.05) is 6.07 Å². The largest absolute Gasteiger partial charge is 0.390 e. The van der Waals surface area contributed by atoms with E-state index < -0.39 is 40.0 Å². The molecule has 32 heavy (non-hydrogen) atoms. The quantitative estimate of drug-likeness (QED) is 0.354. The van der Waals surface area contributed by atoms with Crippen LogP contribution in [-0.2, 0) is 16.4 Å². The van der Waals surface area contributed by atoms with Gasteiger partial charge in [0.25, 0.3) is 5.91 Å². The monoisotopic (exact) mass is 484 g/mol. The third-order valence-electron chi connectivity index (χ3n) is 4.48. The number of nitriles is 1. The first-order chi connectivity index (χ1) is 15.0. The molecular formula is C20H25FN4O5S2. The number of nitrogens with zero attached hydrogens (tertiary/aromatic N) is 2. The number of aromatic nitrogens is 1. The maximum atomic E-state index is 13.8. The Balaban J connectivity index is 2.21. The van der Waals surface area contributed by atoms with Gasteiger partial charge < -0.3 is 15.5 Å². The summed E-state index contributed by atoms with van der Waals surface area (Å²) in [5.41, 5.74) is 1.09. The van der Waals surface area contributed by atoms with Crippen molar-refractivity contribution in [2.24, 2.45) is 0 Å². The van der Waals surface area contributed by atoms with Crippen LogP contribution in [0.3, 0.4) is 0 Å². The third kappa shape index (κ3) is 8.16. The van der Waals surface area contributed by atoms with E-state index >= 15 is 0 Å². The smallest absolute Gasteiger partial charge is 0.271 e. The van der Waals surface area contributed by atoms with Gasteiger partial charge in [-0.25, -0.2) is 17.8 Å². The number of carbonyl (C=O) groups is 1. The van der Waals surface area contributed by atoms with Gasteiger partial charge in [0, 0.05) is 11.8 Å². The van der Waals surface area contributed by atoms with Crippen molar-refractivity contribution >= 4 is 32.4 Å². The molecular weight excluding hydrogens is 459 g/mol. The first-order valence-electron chi connectivity index (χ1n) is 9.72. The van der Waals surface area contributed by atoms with E-state index in [1.807, 2.05) is 6.07 Å². The number of aliphatic hydroxyl groups excluding tert-OH is 2. The molecule has 174 valence electrons. The molecule has 0 saturated heterocycles. The number of amides is 1. The molecule has 0 aliphatic rings. The lowest BCUT2D eigenvalue weighted by molar-refractivity contribution is -0.00792. The summed E-state index contributed by atoms with van der Waals surface area (Å²) in [6.45, 7) is 1.71. The topological polar surface area (TPSA) is 152 Å². The van der Waals surface area contributed by atoms with Crippen LogP contribution >= 0.6 is 11.3 Å². The van der Waals surface area contributed by atoms with Crippen molar-refractivity contribution in [1.29, 1.82) is 5.26 Å². The van der Waals surface area contributed by atoms with E-state index in [4.69, 9.17) is 5.26 Å². The van der Waals surface area contributed by atoms with E-state index in [-0.39, 0.29) is 30.1 Å². The number of benzene rings is 1. The molecule has 0 fully saturated rings. The van der Waals surface area contributed by atoms with Crippen molar-refractivity contribution < 1.29 is 27.8 Å². The predicted molar refractivity (Wildman–Crippen MR) is 118 cm³/mol. The molecule has 0 radical (unpaired) electrons. The fourth-order valence-electron chi connectivity index (χ4n) is 3.10. The number of sulfonamides is 1. The Hall–Kier alpha value is -2.59. The van der Waals surface area contributed by atoms with Crippen LogP contribution in [0.4, 0.5) is 9.52 Å². The van der Waals surface area contributed by atoms with Gasteiger partial charge in [0.05, 0.1) is 24.5 Å². The van der Waals surface area contributed by atoms with Crippen molar-refractivity contribution in [1.82, 2.24) is 10.3 Å². The standard InChI is InChI=1S/C20H25FN4O5S2/c1-12-7-13(9-14(21)8-12)10-15(18(27)17(26)5-3-4-6-22)23-19(28)16-11-31-20(24-16)25-32(2,29)30/h7-9,11,15,17-18,26-27H,3-5,10H2,1-2H3,(H,23,28)(H,24,25). The van der Waals surface area contributed by atoms with Crippen molar-refractivity contribution in [3.63, 3.8) is 0 Å². The van der Waals surface area contributed by atoms with Gasteiger partial charge in [0.1, 0.15) is 17.6 Å². The van der Waals surface area contributed by atoms with Crippen LogP contribution in [0.25, 0.3) is 0 Å². The second-order valence-electron chi connectivity index (χ2n) is 7.44. The van der Waals surface area contributed by atoms with Crippen LogP contribution < -0.4 is 10.0 Å². The number of halogens is 1. The van der Waals surface area contributed by atoms with Gasteiger partial charge in [-0.3, -0.25) is 9.52 Å². The normalized spacial score (nSPS) is 14.2. The molecule has 0 spiro atoms. The Morgan fingerprint density at radius 3 is 2.69 bits per heavy atom. The minimum atomic E-state index is -3.56. The van der Waals surface area contributed by atoms with Gasteiger partial charge in [-0.15, -0.1) is 11.3 Å². The Morgan fingerprint density at radius 1 is 1.34 bits per heavy atom. The lowest BCUT2D eigenvalue weighted by atomic mass is 9.94. The van der Waals surface area contributed by atoms with Gasteiger partial charge in [0.15, 0.2) is 5.13 Å². The molecule has 2 aromatic rings. The van der Waals surface area contributed by atoms with Crippen LogP contribution in [0.2, 0.25) is 0 Å². The Kier molecular flexibility index (Phi) is 9.09. The maximum Gasteiger partial charge on any atom is 0.271 e. The van der Waals surface area contributed by atoms with Crippen LogP contribution in [0.1, 0.15) is 40.9 Å². The molecule has 1 aromatic heterocycles. The van der Waals surface area contributed by atoms with E-state index in [1.54, 1.807) is 13.0 Å². The van der Waals surface area contributed by atoms with Crippen LogP contribution in [-0.4, -0.2) is 54.0 Å². The Labute approximate surface area is 190 Å². The number of unbranched alkanes of at least 4 members (excludes halogenated alkanes) is 1. The third-order valence-corrected chi connectivity index (χ3v) is 5.93. The summed E-state index contributed by atoms with van der Waals surface area (Å²) in [6.07, 6.45) is -0.925. The summed E-state index contributed by atoms with van der Waals surface area (Å²) in [5, 5.41) is 33.6. The van der Waals surface area contributed by atoms with Crippen LogP contribution in [0.15, 0.2) is 23.6 Å². The van der Waals surface area contributed by atoms with E-state index in [9.17, 15) is 27.8 Å². The second kappa shape index (κ2) is 11.3. The van der Waals surface area contributed by atoms with Crippen molar-refractivity contribution in [3.05, 3.63) is 46.2 Å². The number of rotatable bonds is 11. The van der Waals surface area contributed by atoms with E-state index in [2.05, 4.69) is 15.0 Å². The highest BCUT2D eigenvalue weighted by molar-refractivity contribution is 7.92. The van der Waals surface area contributed by atoms with Gasteiger partial charge in [-0.2, -0.15) is 5.26 Å². The summed E-state index contributed by atoms with van der Waals surface area (Å²) in [4.78, 5) is 16.6.